The molecule has 0 fully saturated rings. The van der Waals surface area contributed by atoms with Crippen molar-refractivity contribution in [1.29, 1.82) is 0 Å². The highest BCUT2D eigenvalue weighted by Gasteiger charge is 2.20. The molecular formula is C26H27NO4. The first-order chi connectivity index (χ1) is 15.0. The number of amides is 1. The van der Waals surface area contributed by atoms with Crippen LogP contribution in [-0.2, 0) is 14.3 Å². The van der Waals surface area contributed by atoms with Gasteiger partial charge in [-0.2, -0.15) is 0 Å². The third-order valence-electron chi connectivity index (χ3n) is 4.83. The van der Waals surface area contributed by atoms with Crippen molar-refractivity contribution in [1.82, 2.24) is 0 Å². The van der Waals surface area contributed by atoms with E-state index in [0.29, 0.717) is 11.4 Å². The number of rotatable bonds is 8. The minimum absolute atomic E-state index is 0.262. The first-order valence-corrected chi connectivity index (χ1v) is 10.3. The van der Waals surface area contributed by atoms with E-state index in [1.54, 1.807) is 6.92 Å². The van der Waals surface area contributed by atoms with Crippen LogP contribution in [0.1, 0.15) is 32.3 Å². The van der Waals surface area contributed by atoms with E-state index in [2.05, 4.69) is 19.2 Å². The molecule has 0 saturated carbocycles. The summed E-state index contributed by atoms with van der Waals surface area (Å²) in [6.45, 7) is 5.39. The standard InChI is InChI=1S/C26H27NO4/c1-18(2)21-13-8-10-16-24(21)30-17-25(28)31-19(3)26(29)27-23-15-9-7-14-22(23)20-11-5-4-6-12-20/h4-16,18-19H,17H2,1-3H3,(H,27,29)/t19-/m1/s1. The van der Waals surface area contributed by atoms with Crippen LogP contribution in [0.2, 0.25) is 0 Å². The summed E-state index contributed by atoms with van der Waals surface area (Å²) in [6.07, 6.45) is -0.958. The van der Waals surface area contributed by atoms with Gasteiger partial charge in [0.15, 0.2) is 12.7 Å². The topological polar surface area (TPSA) is 64.6 Å². The number of esters is 1. The summed E-state index contributed by atoms with van der Waals surface area (Å²) >= 11 is 0. The van der Waals surface area contributed by atoms with Gasteiger partial charge in [0.25, 0.3) is 5.91 Å². The third-order valence-corrected chi connectivity index (χ3v) is 4.83. The second kappa shape index (κ2) is 10.4. The predicted molar refractivity (Wildman–Crippen MR) is 122 cm³/mol. The van der Waals surface area contributed by atoms with Gasteiger partial charge < -0.3 is 14.8 Å². The fourth-order valence-corrected chi connectivity index (χ4v) is 3.21. The van der Waals surface area contributed by atoms with E-state index in [1.165, 1.54) is 0 Å². The first kappa shape index (κ1) is 22.1. The molecule has 0 aliphatic carbocycles. The molecule has 0 aliphatic heterocycles. The van der Waals surface area contributed by atoms with Crippen molar-refractivity contribution in [2.24, 2.45) is 0 Å². The predicted octanol–water partition coefficient (Wildman–Crippen LogP) is 5.43. The van der Waals surface area contributed by atoms with Crippen LogP contribution < -0.4 is 10.1 Å². The van der Waals surface area contributed by atoms with Crippen molar-refractivity contribution in [2.75, 3.05) is 11.9 Å². The maximum absolute atomic E-state index is 12.6. The van der Waals surface area contributed by atoms with Gasteiger partial charge in [0, 0.05) is 11.3 Å². The zero-order chi connectivity index (χ0) is 22.2. The monoisotopic (exact) mass is 417 g/mol. The second-order valence-electron chi connectivity index (χ2n) is 7.51. The number of benzene rings is 3. The molecule has 0 unspecified atom stereocenters. The van der Waals surface area contributed by atoms with Gasteiger partial charge in [-0.15, -0.1) is 0 Å². The zero-order valence-corrected chi connectivity index (χ0v) is 18.0. The van der Waals surface area contributed by atoms with Gasteiger partial charge >= 0.3 is 5.97 Å². The molecule has 1 atom stereocenters. The molecule has 5 nitrogen and oxygen atoms in total. The van der Waals surface area contributed by atoms with Crippen LogP contribution >= 0.6 is 0 Å². The molecule has 0 spiro atoms. The van der Waals surface area contributed by atoms with Crippen molar-refractivity contribution in [2.45, 2.75) is 32.8 Å². The molecule has 0 aromatic heterocycles. The van der Waals surface area contributed by atoms with Crippen molar-refractivity contribution in [3.63, 3.8) is 0 Å². The Morgan fingerprint density at radius 1 is 0.839 bits per heavy atom. The van der Waals surface area contributed by atoms with Crippen LogP contribution in [-0.4, -0.2) is 24.6 Å². The van der Waals surface area contributed by atoms with Gasteiger partial charge in [0.1, 0.15) is 5.75 Å². The Morgan fingerprint density at radius 2 is 1.48 bits per heavy atom. The van der Waals surface area contributed by atoms with Gasteiger partial charge in [-0.25, -0.2) is 4.79 Å². The molecule has 1 amide bonds. The summed E-state index contributed by atoms with van der Waals surface area (Å²) in [5.74, 6) is -0.0955. The van der Waals surface area contributed by atoms with Crippen molar-refractivity contribution < 1.29 is 19.1 Å². The number of hydrogen-bond donors (Lipinski definition) is 1. The summed E-state index contributed by atoms with van der Waals surface area (Å²) in [6, 6.07) is 24.8. The van der Waals surface area contributed by atoms with E-state index in [0.717, 1.165) is 16.7 Å². The van der Waals surface area contributed by atoms with Gasteiger partial charge in [-0.1, -0.05) is 80.6 Å². The SMILES string of the molecule is CC(C)c1ccccc1OCC(=O)O[C@H](C)C(=O)Nc1ccccc1-c1ccccc1. The Bertz CT molecular complexity index is 1030. The molecule has 160 valence electrons. The van der Waals surface area contributed by atoms with E-state index >= 15 is 0 Å². The molecular weight excluding hydrogens is 390 g/mol. The summed E-state index contributed by atoms with van der Waals surface area (Å²) in [5, 5.41) is 2.86. The quantitative estimate of drug-likeness (QED) is 0.497. The molecule has 1 N–H and O–H groups in total. The van der Waals surface area contributed by atoms with Crippen LogP contribution in [0.25, 0.3) is 11.1 Å². The van der Waals surface area contributed by atoms with Crippen LogP contribution in [0.5, 0.6) is 5.75 Å². The fourth-order valence-electron chi connectivity index (χ4n) is 3.21. The Balaban J connectivity index is 1.59. The number of para-hydroxylation sites is 2. The normalized spacial score (nSPS) is 11.6. The number of ether oxygens (including phenoxy) is 2. The smallest absolute Gasteiger partial charge is 0.344 e. The number of carbonyl (C=O) groups excluding carboxylic acids is 2. The molecule has 0 bridgehead atoms. The van der Waals surface area contributed by atoms with Crippen LogP contribution in [0.4, 0.5) is 5.69 Å². The van der Waals surface area contributed by atoms with Crippen molar-refractivity contribution in [3.05, 3.63) is 84.4 Å². The second-order valence-corrected chi connectivity index (χ2v) is 7.51. The average molecular weight is 418 g/mol. The Hall–Kier alpha value is -3.60. The number of anilines is 1. The lowest BCUT2D eigenvalue weighted by atomic mass is 10.0. The molecule has 3 rings (SSSR count). The van der Waals surface area contributed by atoms with E-state index in [9.17, 15) is 9.59 Å². The van der Waals surface area contributed by atoms with Crippen LogP contribution in [0.15, 0.2) is 78.9 Å². The molecule has 5 heteroatoms. The van der Waals surface area contributed by atoms with Gasteiger partial charge in [-0.3, -0.25) is 4.79 Å². The summed E-state index contributed by atoms with van der Waals surface area (Å²) in [5.41, 5.74) is 3.55. The molecule has 3 aromatic carbocycles. The third kappa shape index (κ3) is 5.95. The fraction of sp³-hybridized carbons (Fsp3) is 0.231. The number of carbonyl (C=O) groups is 2. The van der Waals surface area contributed by atoms with Gasteiger partial charge in [0.05, 0.1) is 0 Å². The highest BCUT2D eigenvalue weighted by atomic mass is 16.6. The Labute approximate surface area is 183 Å². The molecule has 0 radical (unpaired) electrons. The number of nitrogens with one attached hydrogen (secondary N) is 1. The summed E-state index contributed by atoms with van der Waals surface area (Å²) < 4.78 is 10.9. The highest BCUT2D eigenvalue weighted by molar-refractivity contribution is 5.98. The van der Waals surface area contributed by atoms with Crippen LogP contribution in [0, 0.1) is 0 Å². The maximum atomic E-state index is 12.6. The summed E-state index contributed by atoms with van der Waals surface area (Å²) in [7, 11) is 0. The minimum atomic E-state index is -0.958. The zero-order valence-electron chi connectivity index (χ0n) is 18.0. The van der Waals surface area contributed by atoms with E-state index < -0.39 is 18.0 Å². The van der Waals surface area contributed by atoms with E-state index in [1.807, 2.05) is 78.9 Å². The maximum Gasteiger partial charge on any atom is 0.344 e. The highest BCUT2D eigenvalue weighted by Crippen LogP contribution is 2.28. The lowest BCUT2D eigenvalue weighted by Crippen LogP contribution is -2.31. The number of hydrogen-bond acceptors (Lipinski definition) is 4. The molecule has 0 heterocycles. The lowest BCUT2D eigenvalue weighted by molar-refractivity contribution is -0.155. The van der Waals surface area contributed by atoms with Gasteiger partial charge in [0.2, 0.25) is 0 Å². The molecule has 0 aliphatic rings. The first-order valence-electron chi connectivity index (χ1n) is 10.3. The largest absolute Gasteiger partial charge is 0.482 e. The van der Waals surface area contributed by atoms with Crippen molar-refractivity contribution in [3.8, 4) is 16.9 Å². The van der Waals surface area contributed by atoms with E-state index in [4.69, 9.17) is 9.47 Å². The average Bonchev–Trinajstić information content (AvgIpc) is 2.78. The Kier molecular flexibility index (Phi) is 7.44. The molecule has 3 aromatic rings. The minimum Gasteiger partial charge on any atom is -0.482 e. The van der Waals surface area contributed by atoms with Crippen LogP contribution in [0.3, 0.4) is 0 Å². The lowest BCUT2D eigenvalue weighted by Gasteiger charge is -2.17. The van der Waals surface area contributed by atoms with E-state index in [-0.39, 0.29) is 12.5 Å². The van der Waals surface area contributed by atoms with Gasteiger partial charge in [-0.05, 0) is 36.1 Å². The molecule has 0 saturated heterocycles. The van der Waals surface area contributed by atoms with Crippen molar-refractivity contribution >= 4 is 17.6 Å². The summed E-state index contributed by atoms with van der Waals surface area (Å²) in [4.78, 5) is 24.8. The molecule has 31 heavy (non-hydrogen) atoms. The Morgan fingerprint density at radius 3 is 2.23 bits per heavy atom.